The van der Waals surface area contributed by atoms with Gasteiger partial charge in [-0.3, -0.25) is 9.69 Å². The van der Waals surface area contributed by atoms with Crippen molar-refractivity contribution in [3.8, 4) is 0 Å². The summed E-state index contributed by atoms with van der Waals surface area (Å²) in [6.45, 7) is 5.32. The van der Waals surface area contributed by atoms with E-state index in [9.17, 15) is 4.79 Å². The third kappa shape index (κ3) is 7.45. The number of benzene rings is 2. The third-order valence-corrected chi connectivity index (χ3v) is 4.09. The van der Waals surface area contributed by atoms with Gasteiger partial charge in [0.15, 0.2) is 5.91 Å². The Morgan fingerprint density at radius 3 is 2.52 bits per heavy atom. The zero-order valence-electron chi connectivity index (χ0n) is 14.8. The van der Waals surface area contributed by atoms with Crippen LogP contribution in [0.3, 0.4) is 0 Å². The summed E-state index contributed by atoms with van der Waals surface area (Å²) in [5, 5.41) is 2.88. The van der Waals surface area contributed by atoms with Crippen LogP contribution in [0, 0.1) is 12.1 Å². The molecule has 4 nitrogen and oxygen atoms in total. The molecule has 0 unspecified atom stereocenters. The number of carbonyl (C=O) groups excluding carboxylic acids is 1. The number of hydrogen-bond acceptors (Lipinski definition) is 3. The molecule has 1 saturated heterocycles. The van der Waals surface area contributed by atoms with E-state index in [2.05, 4.69) is 34.3 Å². The van der Waals surface area contributed by atoms with Gasteiger partial charge >= 0.3 is 58.2 Å². The zero-order chi connectivity index (χ0) is 16.1. The molecule has 2 aromatic carbocycles. The van der Waals surface area contributed by atoms with E-state index in [0.717, 1.165) is 44.0 Å². The topological polar surface area (TPSA) is 35.6 Å². The van der Waals surface area contributed by atoms with E-state index in [1.165, 1.54) is 0 Å². The Bertz CT molecular complexity index is 643. The zero-order valence-corrected chi connectivity index (χ0v) is 22.6. The van der Waals surface area contributed by atoms with Gasteiger partial charge in [0.2, 0.25) is 0 Å². The van der Waals surface area contributed by atoms with Crippen LogP contribution in [0.5, 0.6) is 0 Å². The van der Waals surface area contributed by atoms with Crippen LogP contribution in [-0.4, -0.2) is 48.9 Å². The van der Waals surface area contributed by atoms with E-state index in [4.69, 9.17) is 0 Å². The molecule has 1 fully saturated rings. The van der Waals surface area contributed by atoms with Crippen LogP contribution in [0.25, 0.3) is 0 Å². The maximum atomic E-state index is 12.1. The normalized spacial score (nSPS) is 14.9. The fraction of sp³-hybridized carbons (Fsp3) is 0.316. The van der Waals surface area contributed by atoms with Crippen molar-refractivity contribution in [2.75, 3.05) is 38.5 Å². The van der Waals surface area contributed by atoms with Crippen molar-refractivity contribution in [3.05, 3.63) is 65.7 Å². The second-order valence-corrected chi connectivity index (χ2v) is 5.93. The van der Waals surface area contributed by atoms with Gasteiger partial charge < -0.3 is 10.2 Å². The summed E-state index contributed by atoms with van der Waals surface area (Å²) >= 11 is 0. The van der Waals surface area contributed by atoms with Crippen LogP contribution in [0.2, 0.25) is 0 Å². The Labute approximate surface area is 213 Å². The van der Waals surface area contributed by atoms with E-state index < -0.39 is 0 Å². The van der Waals surface area contributed by atoms with Gasteiger partial charge in [0.05, 0.1) is 0 Å². The number of rotatable bonds is 4. The Morgan fingerprint density at radius 1 is 1.16 bits per heavy atom. The smallest absolute Gasteiger partial charge is 0.386 e. The van der Waals surface area contributed by atoms with Gasteiger partial charge in [-0.1, -0.05) is 11.3 Å². The minimum absolute atomic E-state index is 0. The SMILES string of the molecule is CN1CCN(Cc2[c-]cc(NC(=O)c3c[c-]ccc3)cc2)CC1.[Rb+].[W]. The maximum Gasteiger partial charge on any atom is 1.00 e. The van der Waals surface area contributed by atoms with Gasteiger partial charge in [-0.2, -0.15) is 48.5 Å². The predicted molar refractivity (Wildman–Crippen MR) is 91.3 cm³/mol. The number of amides is 1. The summed E-state index contributed by atoms with van der Waals surface area (Å²) in [4.78, 5) is 16.9. The van der Waals surface area contributed by atoms with Gasteiger partial charge in [-0.05, 0) is 7.05 Å². The fourth-order valence-electron chi connectivity index (χ4n) is 2.62. The first-order chi connectivity index (χ1) is 11.2. The number of likely N-dealkylation sites (N-methyl/N-ethyl adjacent to an activating group) is 1. The first-order valence-corrected chi connectivity index (χ1v) is 7.90. The van der Waals surface area contributed by atoms with Gasteiger partial charge in [0, 0.05) is 53.8 Å². The summed E-state index contributed by atoms with van der Waals surface area (Å²) in [6.07, 6.45) is 0. The molecule has 0 spiro atoms. The number of nitrogens with one attached hydrogen (secondary N) is 1. The molecular formula is C19H21N3ORbW-. The van der Waals surface area contributed by atoms with Gasteiger partial charge in [0.25, 0.3) is 0 Å². The van der Waals surface area contributed by atoms with Crippen LogP contribution in [-0.2, 0) is 27.6 Å². The molecule has 0 radical (unpaired) electrons. The number of anilines is 1. The second kappa shape index (κ2) is 11.9. The van der Waals surface area contributed by atoms with Crippen molar-refractivity contribution in [1.29, 1.82) is 0 Å². The summed E-state index contributed by atoms with van der Waals surface area (Å²) in [7, 11) is 2.16. The molecule has 1 N–H and O–H groups in total. The molecule has 1 heterocycles. The summed E-state index contributed by atoms with van der Waals surface area (Å²) < 4.78 is 0. The van der Waals surface area contributed by atoms with Gasteiger partial charge in [0.1, 0.15) is 0 Å². The Kier molecular flexibility index (Phi) is 11.1. The van der Waals surface area contributed by atoms with E-state index in [1.54, 1.807) is 24.3 Å². The van der Waals surface area contributed by atoms with Crippen LogP contribution >= 0.6 is 0 Å². The van der Waals surface area contributed by atoms with Crippen LogP contribution in [0.1, 0.15) is 15.9 Å². The molecule has 1 aliphatic rings. The number of hydrogen-bond donors (Lipinski definition) is 1. The second-order valence-electron chi connectivity index (χ2n) is 5.93. The molecule has 126 valence electrons. The molecule has 0 aliphatic carbocycles. The monoisotopic (exact) mass is 576 g/mol. The van der Waals surface area contributed by atoms with Crippen molar-refractivity contribution < 1.29 is 84.0 Å². The van der Waals surface area contributed by atoms with Crippen LogP contribution in [0.15, 0.2) is 42.5 Å². The maximum absolute atomic E-state index is 12.1. The Balaban J connectivity index is 0.00000156. The molecule has 0 bridgehead atoms. The van der Waals surface area contributed by atoms with Crippen molar-refractivity contribution in [1.82, 2.24) is 9.80 Å². The average molecular weight is 577 g/mol. The summed E-state index contributed by atoms with van der Waals surface area (Å²) in [5.74, 6) is -0.123. The molecule has 0 saturated carbocycles. The van der Waals surface area contributed by atoms with Crippen molar-refractivity contribution in [3.63, 3.8) is 0 Å². The third-order valence-electron chi connectivity index (χ3n) is 4.09. The van der Waals surface area contributed by atoms with Crippen molar-refractivity contribution in [2.45, 2.75) is 6.54 Å². The van der Waals surface area contributed by atoms with E-state index >= 15 is 0 Å². The minimum Gasteiger partial charge on any atom is -0.386 e. The first-order valence-electron chi connectivity index (χ1n) is 7.90. The first kappa shape index (κ1) is 23.4. The van der Waals surface area contributed by atoms with Crippen molar-refractivity contribution >= 4 is 11.6 Å². The van der Waals surface area contributed by atoms with Gasteiger partial charge in [-0.25, -0.2) is 0 Å². The van der Waals surface area contributed by atoms with E-state index in [1.807, 2.05) is 18.2 Å². The Morgan fingerprint density at radius 2 is 1.92 bits per heavy atom. The average Bonchev–Trinajstić information content (AvgIpc) is 2.59. The van der Waals surface area contributed by atoms with Crippen LogP contribution in [0.4, 0.5) is 5.69 Å². The number of nitrogens with zero attached hydrogens (tertiary/aromatic N) is 2. The molecule has 3 rings (SSSR count). The Hall–Kier alpha value is 0.324. The fourth-order valence-corrected chi connectivity index (χ4v) is 2.62. The summed E-state index contributed by atoms with van der Waals surface area (Å²) in [6, 6.07) is 19.0. The summed E-state index contributed by atoms with van der Waals surface area (Å²) in [5.41, 5.74) is 2.52. The molecule has 2 aromatic rings. The van der Waals surface area contributed by atoms with E-state index in [-0.39, 0.29) is 85.2 Å². The molecular weight excluding hydrogens is 556 g/mol. The van der Waals surface area contributed by atoms with Crippen molar-refractivity contribution in [2.24, 2.45) is 0 Å². The molecule has 6 heteroatoms. The number of carbonyl (C=O) groups is 1. The standard InChI is InChI=1S/C19H21N3O.Rb.W/c1-21-11-13-22(14-12-21)15-16-7-9-18(10-8-16)20-19(23)17-5-3-2-4-6-17;;/h2-3,5-7,9-10H,11-15H2,1H3,(H,20,23);;/q-2;+1;. The van der Waals surface area contributed by atoms with E-state index in [0.29, 0.717) is 5.56 Å². The minimum atomic E-state index is -0.123. The molecule has 25 heavy (non-hydrogen) atoms. The molecule has 0 atom stereocenters. The van der Waals surface area contributed by atoms with Gasteiger partial charge in [-0.15, -0.1) is 11.6 Å². The predicted octanol–water partition coefficient (Wildman–Crippen LogP) is -0.712. The largest absolute Gasteiger partial charge is 1.00 e. The molecule has 0 aromatic heterocycles. The number of piperazine rings is 1. The molecule has 1 amide bonds. The molecule has 1 aliphatic heterocycles. The van der Waals surface area contributed by atoms with Crippen LogP contribution < -0.4 is 63.5 Å². The quantitative estimate of drug-likeness (QED) is 0.489.